The number of benzene rings is 1. The van der Waals surface area contributed by atoms with Gasteiger partial charge in [-0.1, -0.05) is 11.2 Å². The minimum atomic E-state index is 0.281. The molecule has 0 saturated heterocycles. The van der Waals surface area contributed by atoms with Gasteiger partial charge in [0.2, 0.25) is 0 Å². The molecule has 2 N–H and O–H groups in total. The van der Waals surface area contributed by atoms with Crippen molar-refractivity contribution in [3.63, 3.8) is 0 Å². The molecule has 0 atom stereocenters. The Hall–Kier alpha value is -2.04. The monoisotopic (exact) mass is 231 g/mol. The van der Waals surface area contributed by atoms with Crippen LogP contribution in [0.4, 0.5) is 5.69 Å². The zero-order chi connectivity index (χ0) is 11.7. The third kappa shape index (κ3) is 2.38. The summed E-state index contributed by atoms with van der Waals surface area (Å²) in [5.74, 6) is 2.52. The van der Waals surface area contributed by atoms with Gasteiger partial charge >= 0.3 is 0 Å². The van der Waals surface area contributed by atoms with Crippen molar-refractivity contribution < 1.29 is 9.26 Å². The van der Waals surface area contributed by atoms with E-state index in [0.29, 0.717) is 23.2 Å². The predicted octanol–water partition coefficient (Wildman–Crippen LogP) is 2.11. The molecule has 0 unspecified atom stereocenters. The highest BCUT2D eigenvalue weighted by molar-refractivity contribution is 5.43. The van der Waals surface area contributed by atoms with Gasteiger partial charge in [0, 0.05) is 17.7 Å². The predicted molar refractivity (Wildman–Crippen MR) is 61.5 cm³/mol. The summed E-state index contributed by atoms with van der Waals surface area (Å²) in [4.78, 5) is 4.28. The summed E-state index contributed by atoms with van der Waals surface area (Å²) in [6.45, 7) is 0.281. The van der Waals surface area contributed by atoms with Crippen molar-refractivity contribution >= 4 is 5.69 Å². The van der Waals surface area contributed by atoms with Gasteiger partial charge in [0.05, 0.1) is 0 Å². The van der Waals surface area contributed by atoms with Crippen molar-refractivity contribution in [2.45, 2.75) is 25.4 Å². The van der Waals surface area contributed by atoms with Gasteiger partial charge in [-0.15, -0.1) is 0 Å². The van der Waals surface area contributed by atoms with Crippen LogP contribution < -0.4 is 10.5 Å². The summed E-state index contributed by atoms with van der Waals surface area (Å²) in [7, 11) is 0. The lowest BCUT2D eigenvalue weighted by molar-refractivity contribution is 0.242. The third-order valence-corrected chi connectivity index (χ3v) is 2.65. The highest BCUT2D eigenvalue weighted by Gasteiger charge is 2.28. The van der Waals surface area contributed by atoms with Crippen molar-refractivity contribution in [3.05, 3.63) is 36.0 Å². The first-order valence-corrected chi connectivity index (χ1v) is 5.62. The molecule has 0 amide bonds. The summed E-state index contributed by atoms with van der Waals surface area (Å²) in [6.07, 6.45) is 2.32. The van der Waals surface area contributed by atoms with E-state index in [2.05, 4.69) is 10.1 Å². The Kier molecular flexibility index (Phi) is 2.44. The van der Waals surface area contributed by atoms with Gasteiger partial charge in [-0.2, -0.15) is 4.98 Å². The SMILES string of the molecule is Nc1cccc(OCc2nc(C3CC3)no2)c1. The molecular weight excluding hydrogens is 218 g/mol. The smallest absolute Gasteiger partial charge is 0.264 e. The minimum absolute atomic E-state index is 0.281. The molecule has 1 heterocycles. The maximum Gasteiger partial charge on any atom is 0.264 e. The largest absolute Gasteiger partial charge is 0.484 e. The Morgan fingerprint density at radius 3 is 3.06 bits per heavy atom. The van der Waals surface area contributed by atoms with Gasteiger partial charge in [0.25, 0.3) is 5.89 Å². The van der Waals surface area contributed by atoms with Crippen LogP contribution in [0.2, 0.25) is 0 Å². The van der Waals surface area contributed by atoms with Gasteiger partial charge in [-0.25, -0.2) is 0 Å². The molecule has 1 fully saturated rings. The van der Waals surface area contributed by atoms with Crippen LogP contribution >= 0.6 is 0 Å². The normalized spacial score (nSPS) is 14.8. The van der Waals surface area contributed by atoms with Crippen molar-refractivity contribution in [2.75, 3.05) is 5.73 Å². The molecule has 5 nitrogen and oxygen atoms in total. The van der Waals surface area contributed by atoms with E-state index in [1.807, 2.05) is 18.2 Å². The molecule has 3 rings (SSSR count). The molecule has 0 bridgehead atoms. The summed E-state index contributed by atoms with van der Waals surface area (Å²) in [6, 6.07) is 7.26. The Labute approximate surface area is 98.6 Å². The first-order chi connectivity index (χ1) is 8.31. The Balaban J connectivity index is 1.62. The van der Waals surface area contributed by atoms with E-state index >= 15 is 0 Å². The van der Waals surface area contributed by atoms with Gasteiger partial charge in [-0.3, -0.25) is 0 Å². The number of nitrogens with two attached hydrogens (primary N) is 1. The molecule has 0 aliphatic heterocycles. The zero-order valence-electron chi connectivity index (χ0n) is 9.30. The quantitative estimate of drug-likeness (QED) is 0.816. The lowest BCUT2D eigenvalue weighted by Crippen LogP contribution is -1.96. The fourth-order valence-corrected chi connectivity index (χ4v) is 1.58. The van der Waals surface area contributed by atoms with Crippen molar-refractivity contribution in [1.29, 1.82) is 0 Å². The van der Waals surface area contributed by atoms with Gasteiger partial charge in [0.15, 0.2) is 12.4 Å². The molecule has 1 aliphatic carbocycles. The van der Waals surface area contributed by atoms with E-state index in [-0.39, 0.29) is 6.61 Å². The number of aromatic nitrogens is 2. The highest BCUT2D eigenvalue weighted by Crippen LogP contribution is 2.38. The first-order valence-electron chi connectivity index (χ1n) is 5.62. The first kappa shape index (κ1) is 10.1. The molecule has 1 aromatic carbocycles. The van der Waals surface area contributed by atoms with Crippen LogP contribution in [-0.4, -0.2) is 10.1 Å². The molecule has 17 heavy (non-hydrogen) atoms. The third-order valence-electron chi connectivity index (χ3n) is 2.65. The van der Waals surface area contributed by atoms with Crippen LogP contribution in [0, 0.1) is 0 Å². The van der Waals surface area contributed by atoms with Crippen molar-refractivity contribution in [3.8, 4) is 5.75 Å². The van der Waals surface area contributed by atoms with E-state index in [0.717, 1.165) is 18.7 Å². The standard InChI is InChI=1S/C12H13N3O2/c13-9-2-1-3-10(6-9)16-7-11-14-12(15-17-11)8-4-5-8/h1-3,6,8H,4-5,7,13H2. The fraction of sp³-hybridized carbons (Fsp3) is 0.333. The zero-order valence-corrected chi connectivity index (χ0v) is 9.30. The van der Waals surface area contributed by atoms with Crippen molar-refractivity contribution in [2.24, 2.45) is 0 Å². The lowest BCUT2D eigenvalue weighted by atomic mass is 10.3. The van der Waals surface area contributed by atoms with E-state index in [9.17, 15) is 0 Å². The fourth-order valence-electron chi connectivity index (χ4n) is 1.58. The van der Waals surface area contributed by atoms with Gasteiger partial charge in [-0.05, 0) is 25.0 Å². The van der Waals surface area contributed by atoms with Crippen molar-refractivity contribution in [1.82, 2.24) is 10.1 Å². The molecule has 0 spiro atoms. The minimum Gasteiger partial charge on any atom is -0.484 e. The average molecular weight is 231 g/mol. The molecule has 0 radical (unpaired) electrons. The number of hydrogen-bond donors (Lipinski definition) is 1. The number of hydrogen-bond acceptors (Lipinski definition) is 5. The summed E-state index contributed by atoms with van der Waals surface area (Å²) in [5.41, 5.74) is 6.32. The molecule has 2 aromatic rings. The van der Waals surface area contributed by atoms with E-state index < -0.39 is 0 Å². The van der Waals surface area contributed by atoms with E-state index in [1.54, 1.807) is 6.07 Å². The molecule has 1 aliphatic rings. The van der Waals surface area contributed by atoms with E-state index in [1.165, 1.54) is 0 Å². The number of anilines is 1. The van der Waals surface area contributed by atoms with Gasteiger partial charge in [0.1, 0.15) is 5.75 Å². The summed E-state index contributed by atoms with van der Waals surface area (Å²) < 4.78 is 10.6. The average Bonchev–Trinajstić information content (AvgIpc) is 3.07. The van der Waals surface area contributed by atoms with Crippen LogP contribution in [0.5, 0.6) is 5.75 Å². The Bertz CT molecular complexity index is 520. The molecular formula is C12H13N3O2. The molecule has 88 valence electrons. The van der Waals surface area contributed by atoms with Crippen LogP contribution in [0.15, 0.2) is 28.8 Å². The number of ether oxygens (including phenoxy) is 1. The van der Waals surface area contributed by atoms with Crippen LogP contribution in [0.1, 0.15) is 30.5 Å². The number of nitrogen functional groups attached to an aromatic ring is 1. The van der Waals surface area contributed by atoms with Crippen LogP contribution in [0.3, 0.4) is 0 Å². The topological polar surface area (TPSA) is 74.2 Å². The second-order valence-corrected chi connectivity index (χ2v) is 4.18. The highest BCUT2D eigenvalue weighted by atomic mass is 16.5. The number of rotatable bonds is 4. The second kappa shape index (κ2) is 4.08. The van der Waals surface area contributed by atoms with Crippen LogP contribution in [-0.2, 0) is 6.61 Å². The molecule has 1 saturated carbocycles. The molecule has 1 aromatic heterocycles. The molecule has 5 heteroatoms. The Morgan fingerprint density at radius 2 is 2.29 bits per heavy atom. The second-order valence-electron chi connectivity index (χ2n) is 4.18. The Morgan fingerprint density at radius 1 is 1.41 bits per heavy atom. The van der Waals surface area contributed by atoms with E-state index in [4.69, 9.17) is 15.0 Å². The maximum atomic E-state index is 5.65. The number of nitrogens with zero attached hydrogens (tertiary/aromatic N) is 2. The van der Waals surface area contributed by atoms with Gasteiger partial charge < -0.3 is 15.0 Å². The van der Waals surface area contributed by atoms with Crippen LogP contribution in [0.25, 0.3) is 0 Å². The summed E-state index contributed by atoms with van der Waals surface area (Å²) >= 11 is 0. The lowest BCUT2D eigenvalue weighted by Gasteiger charge is -2.02. The maximum absolute atomic E-state index is 5.65. The summed E-state index contributed by atoms with van der Waals surface area (Å²) in [5, 5.41) is 3.92.